The molecule has 0 bridgehead atoms. The number of hydrogen-bond acceptors (Lipinski definition) is 3. The minimum atomic E-state index is -0.187. The van der Waals surface area contributed by atoms with Crippen LogP contribution in [0.2, 0.25) is 0 Å². The second kappa shape index (κ2) is 5.48. The monoisotopic (exact) mass is 227 g/mol. The van der Waals surface area contributed by atoms with Crippen LogP contribution in [0.4, 0.5) is 0 Å². The lowest BCUT2D eigenvalue weighted by Crippen LogP contribution is -2.35. The first-order valence-corrected chi connectivity index (χ1v) is 6.65. The standard InChI is InChI=1S/C13H25NO2/c1-10(2)11-3-5-14(7-11)8-13(15)12-4-6-16-9-12/h10-13,15H,3-9H2,1-2H3. The Morgan fingerprint density at radius 1 is 1.31 bits per heavy atom. The molecule has 0 saturated carbocycles. The van der Waals surface area contributed by atoms with E-state index in [1.54, 1.807) is 0 Å². The Labute approximate surface area is 98.8 Å². The van der Waals surface area contributed by atoms with E-state index in [2.05, 4.69) is 18.7 Å². The van der Waals surface area contributed by atoms with Crippen LogP contribution in [0.5, 0.6) is 0 Å². The van der Waals surface area contributed by atoms with E-state index in [0.29, 0.717) is 5.92 Å². The summed E-state index contributed by atoms with van der Waals surface area (Å²) < 4.78 is 5.32. The predicted octanol–water partition coefficient (Wildman–Crippen LogP) is 1.36. The lowest BCUT2D eigenvalue weighted by molar-refractivity contribution is 0.0612. The van der Waals surface area contributed by atoms with Gasteiger partial charge in [0, 0.05) is 25.6 Å². The van der Waals surface area contributed by atoms with Crippen LogP contribution < -0.4 is 0 Å². The molecule has 2 rings (SSSR count). The Balaban J connectivity index is 1.73. The number of aliphatic hydroxyl groups is 1. The minimum absolute atomic E-state index is 0.187. The van der Waals surface area contributed by atoms with Crippen molar-refractivity contribution in [2.45, 2.75) is 32.8 Å². The summed E-state index contributed by atoms with van der Waals surface area (Å²) in [6.45, 7) is 9.36. The molecule has 1 N–H and O–H groups in total. The third-order valence-electron chi connectivity index (χ3n) is 4.21. The van der Waals surface area contributed by atoms with Gasteiger partial charge in [-0.3, -0.25) is 0 Å². The largest absolute Gasteiger partial charge is 0.391 e. The van der Waals surface area contributed by atoms with Crippen LogP contribution in [0.25, 0.3) is 0 Å². The maximum absolute atomic E-state index is 10.1. The van der Waals surface area contributed by atoms with Crippen molar-refractivity contribution in [2.24, 2.45) is 17.8 Å². The summed E-state index contributed by atoms with van der Waals surface area (Å²) in [7, 11) is 0. The van der Waals surface area contributed by atoms with Gasteiger partial charge in [-0.05, 0) is 31.2 Å². The maximum Gasteiger partial charge on any atom is 0.0718 e. The van der Waals surface area contributed by atoms with Crippen LogP contribution in [0.1, 0.15) is 26.7 Å². The Bertz CT molecular complexity index is 214. The first-order valence-electron chi connectivity index (χ1n) is 6.65. The van der Waals surface area contributed by atoms with Crippen LogP contribution in [0.15, 0.2) is 0 Å². The van der Waals surface area contributed by atoms with E-state index in [-0.39, 0.29) is 6.10 Å². The molecule has 0 aromatic rings. The second-order valence-corrected chi connectivity index (χ2v) is 5.74. The van der Waals surface area contributed by atoms with Gasteiger partial charge in [0.25, 0.3) is 0 Å². The van der Waals surface area contributed by atoms with Crippen molar-refractivity contribution < 1.29 is 9.84 Å². The summed E-state index contributed by atoms with van der Waals surface area (Å²) in [4.78, 5) is 2.42. The van der Waals surface area contributed by atoms with Crippen LogP contribution in [0.3, 0.4) is 0 Å². The van der Waals surface area contributed by atoms with E-state index in [1.165, 1.54) is 13.0 Å². The Hall–Kier alpha value is -0.120. The quantitative estimate of drug-likeness (QED) is 0.787. The molecule has 2 aliphatic heterocycles. The summed E-state index contributed by atoms with van der Waals surface area (Å²) in [5.74, 6) is 1.97. The van der Waals surface area contributed by atoms with Crippen molar-refractivity contribution in [1.82, 2.24) is 4.90 Å². The zero-order valence-electron chi connectivity index (χ0n) is 10.6. The van der Waals surface area contributed by atoms with Crippen molar-refractivity contribution in [1.29, 1.82) is 0 Å². The Kier molecular flexibility index (Phi) is 4.22. The van der Waals surface area contributed by atoms with Crippen molar-refractivity contribution in [3.05, 3.63) is 0 Å². The lowest BCUT2D eigenvalue weighted by atomic mass is 9.95. The number of β-amino-alcohol motifs (C(OH)–C–C–N with tert-alkyl or cyclic N) is 1. The number of aliphatic hydroxyl groups excluding tert-OH is 1. The smallest absolute Gasteiger partial charge is 0.0718 e. The van der Waals surface area contributed by atoms with E-state index >= 15 is 0 Å². The van der Waals surface area contributed by atoms with Crippen LogP contribution >= 0.6 is 0 Å². The second-order valence-electron chi connectivity index (χ2n) is 5.74. The number of rotatable bonds is 4. The Morgan fingerprint density at radius 2 is 2.12 bits per heavy atom. The van der Waals surface area contributed by atoms with Gasteiger partial charge in [0.15, 0.2) is 0 Å². The molecular formula is C13H25NO2. The summed E-state index contributed by atoms with van der Waals surface area (Å²) in [5.41, 5.74) is 0. The molecule has 0 amide bonds. The normalized spacial score (nSPS) is 33.8. The highest BCUT2D eigenvalue weighted by Crippen LogP contribution is 2.25. The molecule has 0 aromatic heterocycles. The van der Waals surface area contributed by atoms with Gasteiger partial charge in [0.1, 0.15) is 0 Å². The average Bonchev–Trinajstić information content (AvgIpc) is 2.87. The van der Waals surface area contributed by atoms with Crippen molar-refractivity contribution >= 4 is 0 Å². The average molecular weight is 227 g/mol. The van der Waals surface area contributed by atoms with Gasteiger partial charge in [0.2, 0.25) is 0 Å². The first kappa shape index (κ1) is 12.3. The zero-order valence-corrected chi connectivity index (χ0v) is 10.6. The van der Waals surface area contributed by atoms with Crippen LogP contribution in [-0.4, -0.2) is 49.0 Å². The fourth-order valence-corrected chi connectivity index (χ4v) is 2.84. The number of ether oxygens (including phenoxy) is 1. The van der Waals surface area contributed by atoms with Crippen LogP contribution in [0, 0.1) is 17.8 Å². The molecule has 3 atom stereocenters. The van der Waals surface area contributed by atoms with Crippen molar-refractivity contribution in [2.75, 3.05) is 32.8 Å². The van der Waals surface area contributed by atoms with Gasteiger partial charge >= 0.3 is 0 Å². The topological polar surface area (TPSA) is 32.7 Å². The number of likely N-dealkylation sites (tertiary alicyclic amines) is 1. The molecule has 3 heteroatoms. The molecule has 0 spiro atoms. The van der Waals surface area contributed by atoms with Gasteiger partial charge < -0.3 is 14.7 Å². The molecule has 2 fully saturated rings. The molecule has 3 nitrogen and oxygen atoms in total. The maximum atomic E-state index is 10.1. The molecule has 2 aliphatic rings. The highest BCUT2D eigenvalue weighted by Gasteiger charge is 2.30. The van der Waals surface area contributed by atoms with Gasteiger partial charge in [-0.2, -0.15) is 0 Å². The van der Waals surface area contributed by atoms with Gasteiger partial charge in [-0.25, -0.2) is 0 Å². The van der Waals surface area contributed by atoms with E-state index in [0.717, 1.165) is 44.6 Å². The fraction of sp³-hybridized carbons (Fsp3) is 1.00. The summed E-state index contributed by atoms with van der Waals surface area (Å²) in [6, 6.07) is 0. The SMILES string of the molecule is CC(C)C1CCN(CC(O)C2CCOC2)C1. The molecule has 0 radical (unpaired) electrons. The van der Waals surface area contributed by atoms with E-state index in [9.17, 15) is 5.11 Å². The van der Waals surface area contributed by atoms with Crippen molar-refractivity contribution in [3.8, 4) is 0 Å². The highest BCUT2D eigenvalue weighted by molar-refractivity contribution is 4.82. The van der Waals surface area contributed by atoms with E-state index in [4.69, 9.17) is 4.74 Å². The molecule has 0 aliphatic carbocycles. The molecule has 2 saturated heterocycles. The molecule has 3 unspecified atom stereocenters. The summed E-state index contributed by atoms with van der Waals surface area (Å²) in [6.07, 6.45) is 2.14. The van der Waals surface area contributed by atoms with Gasteiger partial charge in [-0.15, -0.1) is 0 Å². The van der Waals surface area contributed by atoms with Crippen LogP contribution in [-0.2, 0) is 4.74 Å². The molecule has 2 heterocycles. The minimum Gasteiger partial charge on any atom is -0.391 e. The van der Waals surface area contributed by atoms with Gasteiger partial charge in [0.05, 0.1) is 12.7 Å². The molecule has 0 aromatic carbocycles. The molecule has 16 heavy (non-hydrogen) atoms. The third kappa shape index (κ3) is 2.96. The van der Waals surface area contributed by atoms with E-state index in [1.807, 2.05) is 0 Å². The Morgan fingerprint density at radius 3 is 2.69 bits per heavy atom. The third-order valence-corrected chi connectivity index (χ3v) is 4.21. The molecule has 94 valence electrons. The van der Waals surface area contributed by atoms with Crippen molar-refractivity contribution in [3.63, 3.8) is 0 Å². The summed E-state index contributed by atoms with van der Waals surface area (Å²) in [5, 5.41) is 10.1. The lowest BCUT2D eigenvalue weighted by Gasteiger charge is -2.24. The zero-order chi connectivity index (χ0) is 11.5. The number of hydrogen-bond donors (Lipinski definition) is 1. The van der Waals surface area contributed by atoms with E-state index < -0.39 is 0 Å². The van der Waals surface area contributed by atoms with Gasteiger partial charge in [-0.1, -0.05) is 13.8 Å². The highest BCUT2D eigenvalue weighted by atomic mass is 16.5. The summed E-state index contributed by atoms with van der Waals surface area (Å²) >= 11 is 0. The number of nitrogens with zero attached hydrogens (tertiary/aromatic N) is 1. The predicted molar refractivity (Wildman–Crippen MR) is 64.3 cm³/mol. The fourth-order valence-electron chi connectivity index (χ4n) is 2.84. The molecular weight excluding hydrogens is 202 g/mol. The first-order chi connectivity index (χ1) is 7.66.